The van der Waals surface area contributed by atoms with Crippen LogP contribution in [0.1, 0.15) is 12.5 Å². The molecule has 0 fully saturated rings. The van der Waals surface area contributed by atoms with Crippen LogP contribution in [0.25, 0.3) is 0 Å². The zero-order valence-corrected chi connectivity index (χ0v) is 9.19. The predicted octanol–water partition coefficient (Wildman–Crippen LogP) is 1.01. The van der Waals surface area contributed by atoms with Crippen LogP contribution in [0.4, 0.5) is 5.69 Å². The predicted molar refractivity (Wildman–Crippen MR) is 59.9 cm³/mol. The number of aryl methyl sites for hydroxylation is 1. The van der Waals surface area contributed by atoms with E-state index in [1.807, 2.05) is 0 Å². The maximum absolute atomic E-state index is 11.6. The molecule has 1 aromatic carbocycles. The van der Waals surface area contributed by atoms with Gasteiger partial charge >= 0.3 is 0 Å². The van der Waals surface area contributed by atoms with Gasteiger partial charge in [-0.05, 0) is 37.6 Å². The summed E-state index contributed by atoms with van der Waals surface area (Å²) in [6, 6.07) is 4.47. The van der Waals surface area contributed by atoms with Gasteiger partial charge < -0.3 is 15.7 Å². The van der Waals surface area contributed by atoms with E-state index >= 15 is 0 Å². The molecule has 1 aromatic rings. The van der Waals surface area contributed by atoms with Crippen LogP contribution in [0.5, 0.6) is 5.75 Å². The average molecular weight is 208 g/mol. The molecule has 0 bridgehead atoms. The van der Waals surface area contributed by atoms with Gasteiger partial charge in [0.2, 0.25) is 5.91 Å². The lowest BCUT2D eigenvalue weighted by Crippen LogP contribution is -2.39. The monoisotopic (exact) mass is 208 g/mol. The Morgan fingerprint density at radius 3 is 2.60 bits per heavy atom. The molecule has 0 heterocycles. The molecule has 4 nitrogen and oxygen atoms in total. The van der Waals surface area contributed by atoms with Crippen LogP contribution in [-0.4, -0.2) is 24.1 Å². The van der Waals surface area contributed by atoms with E-state index in [0.717, 1.165) is 11.3 Å². The van der Waals surface area contributed by atoms with Crippen molar-refractivity contribution in [3.05, 3.63) is 23.8 Å². The maximum atomic E-state index is 11.6. The fourth-order valence-electron chi connectivity index (χ4n) is 1.28. The van der Waals surface area contributed by atoms with Crippen LogP contribution in [0.3, 0.4) is 0 Å². The molecule has 3 N–H and O–H groups in total. The number of nitrogens with two attached hydrogens (primary N) is 1. The van der Waals surface area contributed by atoms with Gasteiger partial charge in [-0.2, -0.15) is 0 Å². The molecular weight excluding hydrogens is 192 g/mol. The second-order valence-electron chi connectivity index (χ2n) is 3.66. The summed E-state index contributed by atoms with van der Waals surface area (Å²) in [4.78, 5) is 13.1. The number of carbonyl (C=O) groups is 1. The van der Waals surface area contributed by atoms with Gasteiger partial charge in [-0.15, -0.1) is 0 Å². The number of likely N-dealkylation sites (N-methyl/N-ethyl adjacent to an activating group) is 1. The lowest BCUT2D eigenvalue weighted by Gasteiger charge is -2.20. The highest BCUT2D eigenvalue weighted by Crippen LogP contribution is 2.22. The number of amides is 1. The number of hydrogen-bond acceptors (Lipinski definition) is 3. The van der Waals surface area contributed by atoms with Crippen molar-refractivity contribution in [3.8, 4) is 5.75 Å². The molecule has 1 atom stereocenters. The Kier molecular flexibility index (Phi) is 3.31. The van der Waals surface area contributed by atoms with Crippen LogP contribution in [0.2, 0.25) is 0 Å². The second kappa shape index (κ2) is 4.31. The first-order valence-electron chi connectivity index (χ1n) is 4.76. The van der Waals surface area contributed by atoms with Crippen molar-refractivity contribution < 1.29 is 9.90 Å². The Balaban J connectivity index is 2.97. The first kappa shape index (κ1) is 11.5. The van der Waals surface area contributed by atoms with E-state index in [1.54, 1.807) is 39.1 Å². The molecule has 0 unspecified atom stereocenters. The van der Waals surface area contributed by atoms with Crippen LogP contribution in [0, 0.1) is 6.92 Å². The number of rotatable bonds is 2. The third kappa shape index (κ3) is 2.47. The minimum atomic E-state index is -0.524. The Morgan fingerprint density at radius 1 is 1.53 bits per heavy atom. The third-order valence-electron chi connectivity index (χ3n) is 2.29. The summed E-state index contributed by atoms with van der Waals surface area (Å²) in [6.45, 7) is 3.43. The largest absolute Gasteiger partial charge is 0.508 e. The molecule has 0 aliphatic heterocycles. The van der Waals surface area contributed by atoms with E-state index < -0.39 is 6.04 Å². The number of benzene rings is 1. The Morgan fingerprint density at radius 2 is 2.13 bits per heavy atom. The van der Waals surface area contributed by atoms with Crippen molar-refractivity contribution in [2.24, 2.45) is 5.73 Å². The fourth-order valence-corrected chi connectivity index (χ4v) is 1.28. The number of aromatic hydroxyl groups is 1. The highest BCUT2D eigenvalue weighted by atomic mass is 16.3. The topological polar surface area (TPSA) is 66.6 Å². The molecule has 1 amide bonds. The summed E-state index contributed by atoms with van der Waals surface area (Å²) in [5.74, 6) is 0.0699. The minimum absolute atomic E-state index is 0.153. The van der Waals surface area contributed by atoms with Crippen LogP contribution < -0.4 is 10.6 Å². The smallest absolute Gasteiger partial charge is 0.243 e. The van der Waals surface area contributed by atoms with Crippen molar-refractivity contribution >= 4 is 11.6 Å². The Labute approximate surface area is 89.3 Å². The second-order valence-corrected chi connectivity index (χ2v) is 3.66. The Bertz CT molecular complexity index is 375. The molecule has 1 rings (SSSR count). The number of anilines is 1. The number of hydrogen-bond donors (Lipinski definition) is 2. The molecular formula is C11H16N2O2. The molecule has 4 heteroatoms. The number of phenols is 1. The zero-order valence-electron chi connectivity index (χ0n) is 9.19. The molecule has 0 saturated heterocycles. The molecule has 82 valence electrons. The Hall–Kier alpha value is -1.55. The quantitative estimate of drug-likeness (QED) is 0.762. The van der Waals surface area contributed by atoms with Crippen molar-refractivity contribution in [2.45, 2.75) is 19.9 Å². The van der Waals surface area contributed by atoms with Gasteiger partial charge in [0.15, 0.2) is 0 Å². The number of nitrogens with zero attached hydrogens (tertiary/aromatic N) is 1. The van der Waals surface area contributed by atoms with E-state index in [9.17, 15) is 9.90 Å². The van der Waals surface area contributed by atoms with Crippen molar-refractivity contribution in [1.29, 1.82) is 0 Å². The first-order valence-corrected chi connectivity index (χ1v) is 4.76. The molecule has 15 heavy (non-hydrogen) atoms. The van der Waals surface area contributed by atoms with E-state index in [-0.39, 0.29) is 11.7 Å². The highest BCUT2D eigenvalue weighted by Gasteiger charge is 2.15. The minimum Gasteiger partial charge on any atom is -0.508 e. The van der Waals surface area contributed by atoms with Crippen LogP contribution >= 0.6 is 0 Å². The average Bonchev–Trinajstić information content (AvgIpc) is 2.19. The first-order chi connectivity index (χ1) is 6.93. The van der Waals surface area contributed by atoms with Crippen LogP contribution in [-0.2, 0) is 4.79 Å². The maximum Gasteiger partial charge on any atom is 0.243 e. The van der Waals surface area contributed by atoms with Gasteiger partial charge in [0, 0.05) is 12.7 Å². The summed E-state index contributed by atoms with van der Waals surface area (Å²) in [6.07, 6.45) is 0. The van der Waals surface area contributed by atoms with Gasteiger partial charge in [-0.1, -0.05) is 0 Å². The van der Waals surface area contributed by atoms with Crippen molar-refractivity contribution in [1.82, 2.24) is 0 Å². The van der Waals surface area contributed by atoms with E-state index in [0.29, 0.717) is 0 Å². The lowest BCUT2D eigenvalue weighted by atomic mass is 10.2. The summed E-state index contributed by atoms with van der Waals surface area (Å²) >= 11 is 0. The summed E-state index contributed by atoms with van der Waals surface area (Å²) in [5.41, 5.74) is 6.96. The summed E-state index contributed by atoms with van der Waals surface area (Å²) < 4.78 is 0. The molecule has 0 radical (unpaired) electrons. The number of carbonyl (C=O) groups excluding carboxylic acids is 1. The van der Waals surface area contributed by atoms with Gasteiger partial charge in [-0.25, -0.2) is 0 Å². The zero-order chi connectivity index (χ0) is 11.6. The van der Waals surface area contributed by atoms with E-state index in [2.05, 4.69) is 0 Å². The number of phenolic OH excluding ortho intramolecular Hbond substituents is 1. The fraction of sp³-hybridized carbons (Fsp3) is 0.364. The SMILES string of the molecule is Cc1cc(N(C)C(=O)[C@H](C)N)ccc1O. The van der Waals surface area contributed by atoms with Crippen molar-refractivity contribution in [3.63, 3.8) is 0 Å². The van der Waals surface area contributed by atoms with Gasteiger partial charge in [0.1, 0.15) is 5.75 Å². The van der Waals surface area contributed by atoms with E-state index in [1.165, 1.54) is 4.90 Å². The molecule has 0 aliphatic carbocycles. The van der Waals surface area contributed by atoms with E-state index in [4.69, 9.17) is 5.73 Å². The van der Waals surface area contributed by atoms with Gasteiger partial charge in [0.25, 0.3) is 0 Å². The molecule has 0 aromatic heterocycles. The van der Waals surface area contributed by atoms with Crippen molar-refractivity contribution in [2.75, 3.05) is 11.9 Å². The van der Waals surface area contributed by atoms with Crippen LogP contribution in [0.15, 0.2) is 18.2 Å². The normalized spacial score (nSPS) is 12.3. The molecule has 0 aliphatic rings. The molecule has 0 spiro atoms. The highest BCUT2D eigenvalue weighted by molar-refractivity contribution is 5.96. The lowest BCUT2D eigenvalue weighted by molar-refractivity contribution is -0.119. The summed E-state index contributed by atoms with van der Waals surface area (Å²) in [5, 5.41) is 9.35. The van der Waals surface area contributed by atoms with Gasteiger partial charge in [-0.3, -0.25) is 4.79 Å². The standard InChI is InChI=1S/C11H16N2O2/c1-7-6-9(4-5-10(7)14)13(3)11(15)8(2)12/h4-6,8,14H,12H2,1-3H3/t8-/m0/s1. The summed E-state index contributed by atoms with van der Waals surface area (Å²) in [7, 11) is 1.66. The molecule has 0 saturated carbocycles. The third-order valence-corrected chi connectivity index (χ3v) is 2.29. The van der Waals surface area contributed by atoms with Gasteiger partial charge in [0.05, 0.1) is 6.04 Å².